The van der Waals surface area contributed by atoms with Gasteiger partial charge in [-0.05, 0) is 31.0 Å². The van der Waals surface area contributed by atoms with Crippen LogP contribution in [-0.2, 0) is 13.0 Å². The largest absolute Gasteiger partial charge is 0.573 e. The fourth-order valence-corrected chi connectivity index (χ4v) is 2.77. The first-order valence-electron chi connectivity index (χ1n) is 7.56. The second-order valence-electron chi connectivity index (χ2n) is 5.16. The van der Waals surface area contributed by atoms with Crippen LogP contribution in [0.4, 0.5) is 13.2 Å². The number of thiazole rings is 1. The monoisotopic (exact) mass is 500 g/mol. The van der Waals surface area contributed by atoms with Crippen LogP contribution in [0.2, 0.25) is 0 Å². The van der Waals surface area contributed by atoms with Crippen LogP contribution in [0.3, 0.4) is 0 Å². The van der Waals surface area contributed by atoms with Gasteiger partial charge in [0.25, 0.3) is 0 Å². The highest BCUT2D eigenvalue weighted by Crippen LogP contribution is 2.22. The minimum absolute atomic E-state index is 0. The van der Waals surface area contributed by atoms with E-state index in [0.29, 0.717) is 25.5 Å². The van der Waals surface area contributed by atoms with Gasteiger partial charge in [-0.25, -0.2) is 4.98 Å². The standard InChI is InChI=1S/C16H19F3N4OS.HI/c1-11-9-22-14(25-11)10-23-15(20-2)21-8-7-12-3-5-13(6-4-12)24-16(17,18)19;/h3-6,9H,7-8,10H2,1-2H3,(H2,20,21,23);1H. The molecule has 0 bridgehead atoms. The van der Waals surface area contributed by atoms with Crippen molar-refractivity contribution >= 4 is 41.3 Å². The van der Waals surface area contributed by atoms with E-state index in [4.69, 9.17) is 0 Å². The molecule has 1 aromatic carbocycles. The molecule has 5 nitrogen and oxygen atoms in total. The molecule has 0 fully saturated rings. The number of alkyl halides is 3. The molecule has 0 unspecified atom stereocenters. The molecule has 0 saturated carbocycles. The van der Waals surface area contributed by atoms with Crippen molar-refractivity contribution in [2.24, 2.45) is 4.99 Å². The third-order valence-electron chi connectivity index (χ3n) is 3.16. The lowest BCUT2D eigenvalue weighted by Crippen LogP contribution is -2.37. The summed E-state index contributed by atoms with van der Waals surface area (Å²) in [7, 11) is 1.67. The van der Waals surface area contributed by atoms with E-state index in [1.54, 1.807) is 30.5 Å². The number of halogens is 4. The lowest BCUT2D eigenvalue weighted by molar-refractivity contribution is -0.274. The zero-order chi connectivity index (χ0) is 18.3. The van der Waals surface area contributed by atoms with Crippen molar-refractivity contribution in [2.45, 2.75) is 26.3 Å². The van der Waals surface area contributed by atoms with E-state index in [1.165, 1.54) is 12.1 Å². The van der Waals surface area contributed by atoms with Gasteiger partial charge >= 0.3 is 6.36 Å². The molecule has 0 aliphatic carbocycles. The Hall–Kier alpha value is -1.56. The molecule has 0 saturated heterocycles. The van der Waals surface area contributed by atoms with Gasteiger partial charge < -0.3 is 15.4 Å². The number of hydrogen-bond donors (Lipinski definition) is 2. The van der Waals surface area contributed by atoms with Gasteiger partial charge in [-0.1, -0.05) is 12.1 Å². The quantitative estimate of drug-likeness (QED) is 0.359. The van der Waals surface area contributed by atoms with Crippen LogP contribution in [0.15, 0.2) is 35.5 Å². The fourth-order valence-electron chi connectivity index (χ4n) is 2.05. The third kappa shape index (κ3) is 8.21. The summed E-state index contributed by atoms with van der Waals surface area (Å²) in [6.07, 6.45) is -2.20. The lowest BCUT2D eigenvalue weighted by Gasteiger charge is -2.11. The number of aromatic nitrogens is 1. The highest BCUT2D eigenvalue weighted by atomic mass is 127. The summed E-state index contributed by atoms with van der Waals surface area (Å²) < 4.78 is 40.2. The van der Waals surface area contributed by atoms with E-state index in [1.807, 2.05) is 13.1 Å². The van der Waals surface area contributed by atoms with E-state index < -0.39 is 6.36 Å². The first-order valence-corrected chi connectivity index (χ1v) is 8.38. The molecule has 0 atom stereocenters. The van der Waals surface area contributed by atoms with E-state index in [0.717, 1.165) is 15.4 Å². The fraction of sp³-hybridized carbons (Fsp3) is 0.375. The van der Waals surface area contributed by atoms with Gasteiger partial charge in [0.15, 0.2) is 5.96 Å². The lowest BCUT2D eigenvalue weighted by atomic mass is 10.1. The van der Waals surface area contributed by atoms with Crippen molar-refractivity contribution in [3.63, 3.8) is 0 Å². The summed E-state index contributed by atoms with van der Waals surface area (Å²) in [5.74, 6) is 0.422. The Morgan fingerprint density at radius 3 is 2.46 bits per heavy atom. The normalized spacial score (nSPS) is 11.7. The maximum Gasteiger partial charge on any atom is 0.573 e. The average Bonchev–Trinajstić information content (AvgIpc) is 2.96. The summed E-state index contributed by atoms with van der Waals surface area (Å²) >= 11 is 1.62. The molecule has 2 N–H and O–H groups in total. The number of nitrogens with zero attached hydrogens (tertiary/aromatic N) is 2. The molecule has 1 aromatic heterocycles. The summed E-state index contributed by atoms with van der Waals surface area (Å²) in [4.78, 5) is 9.54. The predicted octanol–water partition coefficient (Wildman–Crippen LogP) is 3.88. The molecule has 2 aromatic rings. The summed E-state index contributed by atoms with van der Waals surface area (Å²) in [6, 6.07) is 5.83. The average molecular weight is 500 g/mol. The topological polar surface area (TPSA) is 58.5 Å². The zero-order valence-electron chi connectivity index (χ0n) is 14.3. The Labute approximate surface area is 171 Å². The number of rotatable bonds is 6. The van der Waals surface area contributed by atoms with E-state index >= 15 is 0 Å². The SMILES string of the molecule is CN=C(NCCc1ccc(OC(F)(F)F)cc1)NCc1ncc(C)s1.I. The highest BCUT2D eigenvalue weighted by Gasteiger charge is 2.30. The molecular weight excluding hydrogens is 480 g/mol. The maximum absolute atomic E-state index is 12.1. The molecule has 0 amide bonds. The number of guanidine groups is 1. The van der Waals surface area contributed by atoms with E-state index in [-0.39, 0.29) is 29.7 Å². The van der Waals surface area contributed by atoms with Crippen molar-refractivity contribution in [3.05, 3.63) is 45.9 Å². The van der Waals surface area contributed by atoms with Crippen molar-refractivity contribution in [1.29, 1.82) is 0 Å². The number of benzene rings is 1. The van der Waals surface area contributed by atoms with Crippen LogP contribution in [0.1, 0.15) is 15.4 Å². The van der Waals surface area contributed by atoms with Crippen LogP contribution in [-0.4, -0.2) is 30.9 Å². The Morgan fingerprint density at radius 1 is 1.23 bits per heavy atom. The maximum atomic E-state index is 12.1. The minimum atomic E-state index is -4.67. The van der Waals surface area contributed by atoms with Gasteiger partial charge in [0, 0.05) is 24.7 Å². The molecule has 0 radical (unpaired) electrons. The first-order chi connectivity index (χ1) is 11.9. The van der Waals surface area contributed by atoms with Gasteiger partial charge in [0.1, 0.15) is 10.8 Å². The van der Waals surface area contributed by atoms with Crippen molar-refractivity contribution in [1.82, 2.24) is 15.6 Å². The molecule has 10 heteroatoms. The Kier molecular flexibility index (Phi) is 9.13. The van der Waals surface area contributed by atoms with Gasteiger partial charge in [-0.15, -0.1) is 48.5 Å². The summed E-state index contributed by atoms with van der Waals surface area (Å²) in [5, 5.41) is 7.29. The second-order valence-corrected chi connectivity index (χ2v) is 6.48. The summed E-state index contributed by atoms with van der Waals surface area (Å²) in [6.45, 7) is 3.18. The first kappa shape index (κ1) is 22.5. The Balaban J connectivity index is 0.00000338. The van der Waals surface area contributed by atoms with Gasteiger partial charge in [0.05, 0.1) is 6.54 Å². The molecular formula is C16H20F3IN4OS. The molecule has 144 valence electrons. The molecule has 1 heterocycles. The van der Waals surface area contributed by atoms with Crippen LogP contribution in [0.25, 0.3) is 0 Å². The van der Waals surface area contributed by atoms with Crippen molar-refractivity contribution in [3.8, 4) is 5.75 Å². The predicted molar refractivity (Wildman–Crippen MR) is 107 cm³/mol. The number of aryl methyl sites for hydroxylation is 1. The number of aliphatic imine (C=N–C) groups is 1. The molecule has 26 heavy (non-hydrogen) atoms. The minimum Gasteiger partial charge on any atom is -0.406 e. The van der Waals surface area contributed by atoms with Gasteiger partial charge in [-0.2, -0.15) is 0 Å². The Morgan fingerprint density at radius 2 is 1.92 bits per heavy atom. The smallest absolute Gasteiger partial charge is 0.406 e. The number of ether oxygens (including phenoxy) is 1. The van der Waals surface area contributed by atoms with Crippen molar-refractivity contribution in [2.75, 3.05) is 13.6 Å². The van der Waals surface area contributed by atoms with Crippen molar-refractivity contribution < 1.29 is 17.9 Å². The van der Waals surface area contributed by atoms with Crippen LogP contribution in [0.5, 0.6) is 5.75 Å². The van der Waals surface area contributed by atoms with Crippen LogP contribution < -0.4 is 15.4 Å². The zero-order valence-corrected chi connectivity index (χ0v) is 17.4. The third-order valence-corrected chi connectivity index (χ3v) is 4.08. The molecule has 0 aliphatic heterocycles. The molecule has 0 aliphatic rings. The highest BCUT2D eigenvalue weighted by molar-refractivity contribution is 14.0. The van der Waals surface area contributed by atoms with E-state index in [2.05, 4.69) is 25.3 Å². The van der Waals surface area contributed by atoms with Gasteiger partial charge in [0.2, 0.25) is 0 Å². The van der Waals surface area contributed by atoms with Crippen LogP contribution in [0, 0.1) is 6.92 Å². The molecule has 2 rings (SSSR count). The Bertz CT molecular complexity index is 704. The molecule has 0 spiro atoms. The second kappa shape index (κ2) is 10.6. The van der Waals surface area contributed by atoms with Crippen LogP contribution >= 0.6 is 35.3 Å². The number of nitrogens with one attached hydrogen (secondary N) is 2. The van der Waals surface area contributed by atoms with Gasteiger partial charge in [-0.3, -0.25) is 4.99 Å². The van der Waals surface area contributed by atoms with E-state index in [9.17, 15) is 13.2 Å². The summed E-state index contributed by atoms with van der Waals surface area (Å²) in [5.41, 5.74) is 0.896. The number of hydrogen-bond acceptors (Lipinski definition) is 4.